The monoisotopic (exact) mass is 331 g/mol. The zero-order valence-corrected chi connectivity index (χ0v) is 13.4. The van der Waals surface area contributed by atoms with Crippen LogP contribution >= 0.6 is 24.8 Å². The Morgan fingerprint density at radius 2 is 2.10 bits per heavy atom. The van der Waals surface area contributed by atoms with Gasteiger partial charge in [0.2, 0.25) is 0 Å². The highest BCUT2D eigenvalue weighted by atomic mass is 35.5. The number of carbonyl (C=O) groups excluding carboxylic acids is 1. The average Bonchev–Trinajstić information content (AvgIpc) is 2.89. The maximum Gasteiger partial charge on any atom is 0.251 e. The highest BCUT2D eigenvalue weighted by Gasteiger charge is 2.13. The van der Waals surface area contributed by atoms with Gasteiger partial charge in [-0.3, -0.25) is 4.79 Å². The summed E-state index contributed by atoms with van der Waals surface area (Å²) in [5, 5.41) is 6.83. The summed E-state index contributed by atoms with van der Waals surface area (Å²) in [6.45, 7) is 4.14. The molecule has 0 saturated carbocycles. The molecular formula is C13H19Cl2N5O. The van der Waals surface area contributed by atoms with Crippen LogP contribution in [0.4, 0.5) is 0 Å². The van der Waals surface area contributed by atoms with Crippen LogP contribution in [0.2, 0.25) is 0 Å². The Balaban J connectivity index is 0.00000200. The first-order valence-electron chi connectivity index (χ1n) is 5.98. The summed E-state index contributed by atoms with van der Waals surface area (Å²) in [6, 6.07) is 7.17. The standard InChI is InChI=1S/C13H17N5O.2ClH/c1-13(2,14)7-16-12(19)10-4-3-5-11(6-10)18-9-15-8-17-18;;/h3-6,8-9H,7,14H2,1-2H3,(H,16,19);2*1H. The summed E-state index contributed by atoms with van der Waals surface area (Å²) in [5.74, 6) is -0.152. The molecular weight excluding hydrogens is 313 g/mol. The van der Waals surface area contributed by atoms with Crippen molar-refractivity contribution in [3.05, 3.63) is 42.5 Å². The molecule has 21 heavy (non-hydrogen) atoms. The number of carbonyl (C=O) groups is 1. The van der Waals surface area contributed by atoms with Gasteiger partial charge in [-0.25, -0.2) is 9.67 Å². The van der Waals surface area contributed by atoms with Crippen molar-refractivity contribution in [3.63, 3.8) is 0 Å². The number of aromatic nitrogens is 3. The summed E-state index contributed by atoms with van der Waals surface area (Å²) < 4.78 is 1.60. The smallest absolute Gasteiger partial charge is 0.251 e. The molecule has 0 fully saturated rings. The molecule has 0 aliphatic rings. The minimum atomic E-state index is -0.431. The number of rotatable bonds is 4. The van der Waals surface area contributed by atoms with Crippen LogP contribution in [0.1, 0.15) is 24.2 Å². The first-order valence-corrected chi connectivity index (χ1v) is 5.98. The molecule has 6 nitrogen and oxygen atoms in total. The third-order valence-electron chi connectivity index (χ3n) is 2.50. The fourth-order valence-electron chi connectivity index (χ4n) is 1.54. The second-order valence-corrected chi connectivity index (χ2v) is 5.06. The number of nitrogens with one attached hydrogen (secondary N) is 1. The molecule has 0 bridgehead atoms. The number of nitrogens with zero attached hydrogens (tertiary/aromatic N) is 3. The van der Waals surface area contributed by atoms with Gasteiger partial charge in [0.05, 0.1) is 5.69 Å². The summed E-state index contributed by atoms with van der Waals surface area (Å²) in [6.07, 6.45) is 3.03. The van der Waals surface area contributed by atoms with Crippen molar-refractivity contribution >= 4 is 30.7 Å². The van der Waals surface area contributed by atoms with E-state index in [-0.39, 0.29) is 30.7 Å². The van der Waals surface area contributed by atoms with Crippen molar-refractivity contribution < 1.29 is 4.79 Å². The Bertz CT molecular complexity index is 566. The summed E-state index contributed by atoms with van der Waals surface area (Å²) in [5.41, 5.74) is 6.76. The Hall–Kier alpha value is -1.63. The van der Waals surface area contributed by atoms with E-state index in [1.54, 1.807) is 29.2 Å². The fourth-order valence-corrected chi connectivity index (χ4v) is 1.54. The number of halogens is 2. The van der Waals surface area contributed by atoms with E-state index in [1.165, 1.54) is 6.33 Å². The third-order valence-corrected chi connectivity index (χ3v) is 2.50. The zero-order valence-electron chi connectivity index (χ0n) is 11.8. The Morgan fingerprint density at radius 1 is 1.38 bits per heavy atom. The molecule has 1 aromatic heterocycles. The van der Waals surface area contributed by atoms with Crippen LogP contribution in [0.5, 0.6) is 0 Å². The molecule has 8 heteroatoms. The van der Waals surface area contributed by atoms with Crippen molar-refractivity contribution in [1.82, 2.24) is 20.1 Å². The van der Waals surface area contributed by atoms with Crippen LogP contribution in [0.25, 0.3) is 5.69 Å². The van der Waals surface area contributed by atoms with E-state index in [2.05, 4.69) is 15.4 Å². The fraction of sp³-hybridized carbons (Fsp3) is 0.308. The molecule has 2 rings (SSSR count). The predicted octanol–water partition coefficient (Wildman–Crippen LogP) is 1.58. The van der Waals surface area contributed by atoms with E-state index in [1.807, 2.05) is 19.9 Å². The second kappa shape index (κ2) is 7.97. The van der Waals surface area contributed by atoms with Gasteiger partial charge in [-0.15, -0.1) is 24.8 Å². The van der Waals surface area contributed by atoms with Crippen LogP contribution in [0.3, 0.4) is 0 Å². The lowest BCUT2D eigenvalue weighted by molar-refractivity contribution is 0.0946. The van der Waals surface area contributed by atoms with Gasteiger partial charge in [0.1, 0.15) is 12.7 Å². The molecule has 0 atom stereocenters. The molecule has 1 aromatic carbocycles. The van der Waals surface area contributed by atoms with Gasteiger partial charge in [0.25, 0.3) is 5.91 Å². The van der Waals surface area contributed by atoms with Gasteiger partial charge in [0.15, 0.2) is 0 Å². The van der Waals surface area contributed by atoms with E-state index in [4.69, 9.17) is 5.73 Å². The van der Waals surface area contributed by atoms with Gasteiger partial charge in [-0.2, -0.15) is 5.10 Å². The summed E-state index contributed by atoms with van der Waals surface area (Å²) >= 11 is 0. The molecule has 0 aliphatic heterocycles. The summed E-state index contributed by atoms with van der Waals surface area (Å²) in [7, 11) is 0. The number of hydrogen-bond donors (Lipinski definition) is 2. The first kappa shape index (κ1) is 19.4. The Labute approximate surface area is 135 Å². The van der Waals surface area contributed by atoms with Crippen LogP contribution < -0.4 is 11.1 Å². The SMILES string of the molecule is CC(C)(N)CNC(=O)c1cccc(-n2cncn2)c1.Cl.Cl. The number of nitrogens with two attached hydrogens (primary N) is 1. The van der Waals surface area contributed by atoms with E-state index in [0.29, 0.717) is 12.1 Å². The Kier molecular flexibility index (Phi) is 7.35. The topological polar surface area (TPSA) is 85.8 Å². The van der Waals surface area contributed by atoms with E-state index >= 15 is 0 Å². The molecule has 0 unspecified atom stereocenters. The minimum Gasteiger partial charge on any atom is -0.350 e. The first-order chi connectivity index (χ1) is 8.96. The van der Waals surface area contributed by atoms with E-state index in [0.717, 1.165) is 5.69 Å². The molecule has 1 heterocycles. The highest BCUT2D eigenvalue weighted by Crippen LogP contribution is 2.09. The van der Waals surface area contributed by atoms with Crippen molar-refractivity contribution in [2.75, 3.05) is 6.54 Å². The average molecular weight is 332 g/mol. The molecule has 0 saturated heterocycles. The van der Waals surface area contributed by atoms with Crippen molar-refractivity contribution in [3.8, 4) is 5.69 Å². The van der Waals surface area contributed by atoms with Crippen LogP contribution in [-0.2, 0) is 0 Å². The molecule has 2 aromatic rings. The third kappa shape index (κ3) is 5.71. The zero-order chi connectivity index (χ0) is 13.9. The molecule has 0 spiro atoms. The van der Waals surface area contributed by atoms with Crippen molar-refractivity contribution in [1.29, 1.82) is 0 Å². The van der Waals surface area contributed by atoms with Crippen molar-refractivity contribution in [2.45, 2.75) is 19.4 Å². The number of benzene rings is 1. The van der Waals surface area contributed by atoms with Gasteiger partial charge < -0.3 is 11.1 Å². The largest absolute Gasteiger partial charge is 0.350 e. The molecule has 0 radical (unpaired) electrons. The lowest BCUT2D eigenvalue weighted by Gasteiger charge is -2.18. The maximum absolute atomic E-state index is 12.0. The van der Waals surface area contributed by atoms with Crippen LogP contribution in [0, 0.1) is 0 Å². The van der Waals surface area contributed by atoms with Crippen LogP contribution in [-0.4, -0.2) is 32.8 Å². The molecule has 0 aliphatic carbocycles. The number of amides is 1. The quantitative estimate of drug-likeness (QED) is 0.890. The van der Waals surface area contributed by atoms with Gasteiger partial charge >= 0.3 is 0 Å². The molecule has 1 amide bonds. The lowest BCUT2D eigenvalue weighted by atomic mass is 10.1. The predicted molar refractivity (Wildman–Crippen MR) is 86.5 cm³/mol. The number of hydrogen-bond acceptors (Lipinski definition) is 4. The van der Waals surface area contributed by atoms with Gasteiger partial charge in [-0.05, 0) is 32.0 Å². The van der Waals surface area contributed by atoms with Gasteiger partial charge in [-0.1, -0.05) is 6.07 Å². The summed E-state index contributed by atoms with van der Waals surface area (Å²) in [4.78, 5) is 15.9. The molecule has 116 valence electrons. The lowest BCUT2D eigenvalue weighted by Crippen LogP contribution is -2.45. The molecule has 3 N–H and O–H groups in total. The second-order valence-electron chi connectivity index (χ2n) is 5.06. The van der Waals surface area contributed by atoms with E-state index < -0.39 is 5.54 Å². The van der Waals surface area contributed by atoms with E-state index in [9.17, 15) is 4.79 Å². The van der Waals surface area contributed by atoms with Gasteiger partial charge in [0, 0.05) is 17.6 Å². The maximum atomic E-state index is 12.0. The van der Waals surface area contributed by atoms with Crippen LogP contribution in [0.15, 0.2) is 36.9 Å². The Morgan fingerprint density at radius 3 is 2.67 bits per heavy atom. The normalized spacial score (nSPS) is 10.2. The van der Waals surface area contributed by atoms with Crippen molar-refractivity contribution in [2.24, 2.45) is 5.73 Å². The highest BCUT2D eigenvalue weighted by molar-refractivity contribution is 5.94. The minimum absolute atomic E-state index is 0.